The molecule has 1 unspecified atom stereocenters. The quantitative estimate of drug-likeness (QED) is 0.857. The molecule has 6 nitrogen and oxygen atoms in total. The van der Waals surface area contributed by atoms with Crippen LogP contribution in [0.3, 0.4) is 0 Å². The van der Waals surface area contributed by atoms with Crippen molar-refractivity contribution in [3.05, 3.63) is 41.5 Å². The Labute approximate surface area is 152 Å². The maximum Gasteiger partial charge on any atom is 0.231 e. The average molecular weight is 358 g/mol. The molecule has 0 aromatic heterocycles. The van der Waals surface area contributed by atoms with E-state index >= 15 is 0 Å². The van der Waals surface area contributed by atoms with Crippen LogP contribution in [0.2, 0.25) is 0 Å². The minimum Gasteiger partial charge on any atom is -0.507 e. The topological polar surface area (TPSA) is 61.6 Å². The summed E-state index contributed by atoms with van der Waals surface area (Å²) in [5, 5.41) is 10.4. The molecule has 2 atom stereocenters. The number of nitrogens with one attached hydrogen (secondary N) is 1. The van der Waals surface area contributed by atoms with E-state index in [9.17, 15) is 5.11 Å². The largest absolute Gasteiger partial charge is 0.507 e. The van der Waals surface area contributed by atoms with E-state index in [0.29, 0.717) is 17.5 Å². The van der Waals surface area contributed by atoms with Gasteiger partial charge in [-0.25, -0.2) is 0 Å². The molecule has 1 saturated heterocycles. The number of hydrogen-bond acceptors (Lipinski definition) is 5. The second-order valence-electron chi connectivity index (χ2n) is 6.72. The molecule has 0 spiro atoms. The fourth-order valence-corrected chi connectivity index (χ4v) is 3.96. The van der Waals surface area contributed by atoms with E-state index in [0.717, 1.165) is 43.0 Å². The molecule has 2 aromatic rings. The molecule has 2 heterocycles. The third-order valence-electron chi connectivity index (χ3n) is 5.29. The lowest BCUT2D eigenvalue weighted by Crippen LogP contribution is -3.08. The predicted octanol–water partition coefficient (Wildman–Crippen LogP) is 2.06. The number of aromatic hydroxyl groups is 1. The van der Waals surface area contributed by atoms with Crippen LogP contribution >= 0.6 is 0 Å². The molecule has 0 aliphatic carbocycles. The van der Waals surface area contributed by atoms with E-state index in [-0.39, 0.29) is 12.5 Å². The number of benzene rings is 2. The molecule has 138 valence electrons. The number of rotatable bonds is 5. The van der Waals surface area contributed by atoms with Crippen molar-refractivity contribution in [2.24, 2.45) is 0 Å². The second kappa shape index (κ2) is 6.96. The normalized spacial score (nSPS) is 21.0. The minimum absolute atomic E-state index is 0.209. The van der Waals surface area contributed by atoms with Crippen LogP contribution in [0.25, 0.3) is 0 Å². The van der Waals surface area contributed by atoms with Crippen LogP contribution in [0.15, 0.2) is 30.3 Å². The number of ether oxygens (including phenoxy) is 4. The van der Waals surface area contributed by atoms with Gasteiger partial charge in [-0.15, -0.1) is 0 Å². The molecule has 1 fully saturated rings. The van der Waals surface area contributed by atoms with Gasteiger partial charge >= 0.3 is 0 Å². The van der Waals surface area contributed by atoms with Gasteiger partial charge in [-0.2, -0.15) is 0 Å². The third-order valence-corrected chi connectivity index (χ3v) is 5.29. The highest BCUT2D eigenvalue weighted by Crippen LogP contribution is 2.38. The summed E-state index contributed by atoms with van der Waals surface area (Å²) in [7, 11) is 3.35. The van der Waals surface area contributed by atoms with Gasteiger partial charge in [-0.3, -0.25) is 0 Å². The molecule has 26 heavy (non-hydrogen) atoms. The van der Waals surface area contributed by atoms with Crippen molar-refractivity contribution in [1.82, 2.24) is 0 Å². The van der Waals surface area contributed by atoms with Crippen LogP contribution in [0, 0.1) is 0 Å². The summed E-state index contributed by atoms with van der Waals surface area (Å²) in [6, 6.07) is 9.87. The molecule has 0 saturated carbocycles. The molecule has 4 rings (SSSR count). The maximum absolute atomic E-state index is 10.4. The standard InChI is InChI=1S/C20H23NO5/c1-23-14-5-6-15(18(9-14)24-2)16-4-3-7-21(16)11-13-8-19-20(10-17(13)22)26-12-25-19/h5-6,8-10,16,22H,3-4,7,11-12H2,1-2H3/p+1/t16-/m0/s1. The van der Waals surface area contributed by atoms with Gasteiger partial charge in [0.05, 0.1) is 31.9 Å². The van der Waals surface area contributed by atoms with Gasteiger partial charge in [0.1, 0.15) is 29.8 Å². The minimum atomic E-state index is 0.209. The molecule has 0 amide bonds. The van der Waals surface area contributed by atoms with Crippen LogP contribution in [-0.4, -0.2) is 32.7 Å². The average Bonchev–Trinajstić information content (AvgIpc) is 3.30. The van der Waals surface area contributed by atoms with Crippen molar-refractivity contribution in [2.45, 2.75) is 25.4 Å². The van der Waals surface area contributed by atoms with E-state index in [1.54, 1.807) is 20.3 Å². The van der Waals surface area contributed by atoms with Crippen LogP contribution in [-0.2, 0) is 6.54 Å². The predicted molar refractivity (Wildman–Crippen MR) is 95.3 cm³/mol. The Bertz CT molecular complexity index is 807. The maximum atomic E-state index is 10.4. The van der Waals surface area contributed by atoms with Gasteiger partial charge in [0.15, 0.2) is 11.5 Å². The second-order valence-corrected chi connectivity index (χ2v) is 6.72. The Balaban J connectivity index is 1.60. The molecule has 0 radical (unpaired) electrons. The Morgan fingerprint density at radius 1 is 1.12 bits per heavy atom. The first-order chi connectivity index (χ1) is 12.7. The van der Waals surface area contributed by atoms with Crippen molar-refractivity contribution in [1.29, 1.82) is 0 Å². The number of methoxy groups -OCH3 is 2. The van der Waals surface area contributed by atoms with E-state index in [1.165, 1.54) is 10.5 Å². The Morgan fingerprint density at radius 3 is 2.69 bits per heavy atom. The van der Waals surface area contributed by atoms with Crippen molar-refractivity contribution in [3.63, 3.8) is 0 Å². The van der Waals surface area contributed by atoms with Crippen LogP contribution in [0.4, 0.5) is 0 Å². The lowest BCUT2D eigenvalue weighted by molar-refractivity contribution is -0.932. The molecule has 6 heteroatoms. The molecule has 2 N–H and O–H groups in total. The van der Waals surface area contributed by atoms with Crippen molar-refractivity contribution in [3.8, 4) is 28.7 Å². The number of fused-ring (bicyclic) bond motifs is 1. The Hall–Kier alpha value is -2.60. The Kier molecular flexibility index (Phi) is 4.51. The fourth-order valence-electron chi connectivity index (χ4n) is 3.96. The monoisotopic (exact) mass is 358 g/mol. The SMILES string of the molecule is COc1ccc([C@@H]2CCC[NH+]2Cc2cc3c(cc2O)OCO3)c(OC)c1. The van der Waals surface area contributed by atoms with Crippen molar-refractivity contribution < 1.29 is 29.0 Å². The van der Waals surface area contributed by atoms with Crippen molar-refractivity contribution >= 4 is 0 Å². The highest BCUT2D eigenvalue weighted by Gasteiger charge is 2.33. The van der Waals surface area contributed by atoms with Gasteiger partial charge in [0.25, 0.3) is 0 Å². The highest BCUT2D eigenvalue weighted by atomic mass is 16.7. The summed E-state index contributed by atoms with van der Waals surface area (Å²) in [6.07, 6.45) is 2.23. The zero-order valence-corrected chi connectivity index (χ0v) is 15.1. The van der Waals surface area contributed by atoms with Crippen LogP contribution < -0.4 is 23.8 Å². The van der Waals surface area contributed by atoms with E-state index < -0.39 is 0 Å². The number of quaternary nitrogens is 1. The third kappa shape index (κ3) is 3.01. The lowest BCUT2D eigenvalue weighted by atomic mass is 10.0. The molecule has 0 bridgehead atoms. The lowest BCUT2D eigenvalue weighted by Gasteiger charge is -2.24. The molecular formula is C20H24NO5+. The number of phenolic OH excluding ortho intramolecular Hbond substituents is 1. The zero-order valence-electron chi connectivity index (χ0n) is 15.1. The summed E-state index contributed by atoms with van der Waals surface area (Å²) in [5.41, 5.74) is 2.06. The fraction of sp³-hybridized carbons (Fsp3) is 0.400. The Morgan fingerprint density at radius 2 is 1.92 bits per heavy atom. The van der Waals surface area contributed by atoms with Crippen molar-refractivity contribution in [2.75, 3.05) is 27.6 Å². The summed E-state index contributed by atoms with van der Waals surface area (Å²) in [4.78, 5) is 1.41. The van der Waals surface area contributed by atoms with E-state index in [2.05, 4.69) is 6.07 Å². The zero-order chi connectivity index (χ0) is 18.1. The number of hydrogen-bond donors (Lipinski definition) is 2. The first kappa shape index (κ1) is 16.8. The van der Waals surface area contributed by atoms with E-state index in [4.69, 9.17) is 18.9 Å². The summed E-state index contributed by atoms with van der Waals surface area (Å²) in [5.74, 6) is 3.21. The van der Waals surface area contributed by atoms with Gasteiger partial charge in [-0.1, -0.05) is 0 Å². The van der Waals surface area contributed by atoms with Gasteiger partial charge in [0, 0.05) is 25.0 Å². The van der Waals surface area contributed by atoms with Gasteiger partial charge < -0.3 is 29.0 Å². The first-order valence-electron chi connectivity index (χ1n) is 8.87. The van der Waals surface area contributed by atoms with Gasteiger partial charge in [-0.05, 0) is 18.2 Å². The molecule has 2 aromatic carbocycles. The smallest absolute Gasteiger partial charge is 0.231 e. The van der Waals surface area contributed by atoms with Gasteiger partial charge in [0.2, 0.25) is 6.79 Å². The van der Waals surface area contributed by atoms with Crippen LogP contribution in [0.5, 0.6) is 28.7 Å². The van der Waals surface area contributed by atoms with E-state index in [1.807, 2.05) is 18.2 Å². The molecular weight excluding hydrogens is 334 g/mol. The highest BCUT2D eigenvalue weighted by molar-refractivity contribution is 5.51. The summed E-state index contributed by atoms with van der Waals surface area (Å²) >= 11 is 0. The number of phenols is 1. The summed E-state index contributed by atoms with van der Waals surface area (Å²) < 4.78 is 21.7. The first-order valence-corrected chi connectivity index (χ1v) is 8.87. The molecule has 2 aliphatic rings. The summed E-state index contributed by atoms with van der Waals surface area (Å²) in [6.45, 7) is 1.98. The number of likely N-dealkylation sites (tertiary alicyclic amines) is 1. The van der Waals surface area contributed by atoms with Crippen LogP contribution in [0.1, 0.15) is 30.0 Å². The molecule has 2 aliphatic heterocycles.